The average Bonchev–Trinajstić information content (AvgIpc) is 2.93. The molecule has 3 rings (SSSR count). The van der Waals surface area contributed by atoms with Crippen molar-refractivity contribution in [1.29, 1.82) is 0 Å². The van der Waals surface area contributed by atoms with Crippen LogP contribution in [0.1, 0.15) is 9.67 Å². The summed E-state index contributed by atoms with van der Waals surface area (Å²) in [5.74, 6) is -0.341. The van der Waals surface area contributed by atoms with Crippen molar-refractivity contribution < 1.29 is 14.1 Å². The van der Waals surface area contributed by atoms with Crippen molar-refractivity contribution in [3.05, 3.63) is 27.1 Å². The molecular formula is C15H12Cl2N4O3S2. The minimum absolute atomic E-state index is 0.0924. The van der Waals surface area contributed by atoms with Crippen molar-refractivity contribution in [2.75, 3.05) is 19.1 Å². The maximum absolute atomic E-state index is 11.9. The number of amides is 1. The van der Waals surface area contributed by atoms with Crippen molar-refractivity contribution >= 4 is 67.5 Å². The number of thiophene rings is 1. The van der Waals surface area contributed by atoms with Gasteiger partial charge in [0.1, 0.15) is 26.7 Å². The minimum Gasteiger partial charge on any atom is -0.609 e. The monoisotopic (exact) mass is 430 g/mol. The number of hydrogen-bond donors (Lipinski definition) is 2. The standard InChI is InChI=1S/C15H12Cl2N4O3S2/c1-24-7-4-5(3-6(16)9(7)17)11-8-10(18)12(13(19)22)25-14(8)21-15(20-11)26(2)23/h3-4H,18H2,1-2H3,(H2,19,22). The number of aromatic nitrogens is 2. The highest BCUT2D eigenvalue weighted by molar-refractivity contribution is 7.90. The Labute approximate surface area is 165 Å². The van der Waals surface area contributed by atoms with E-state index in [9.17, 15) is 9.35 Å². The lowest BCUT2D eigenvalue weighted by Gasteiger charge is -2.11. The Hall–Kier alpha value is -1.78. The van der Waals surface area contributed by atoms with E-state index in [1.165, 1.54) is 13.4 Å². The summed E-state index contributed by atoms with van der Waals surface area (Å²) in [5.41, 5.74) is 12.5. The summed E-state index contributed by atoms with van der Waals surface area (Å²) >= 11 is 11.8. The maximum atomic E-state index is 11.9. The lowest BCUT2D eigenvalue weighted by Crippen LogP contribution is -2.10. The number of nitrogens with two attached hydrogens (primary N) is 2. The summed E-state index contributed by atoms with van der Waals surface area (Å²) in [6, 6.07) is 3.21. The first kappa shape index (κ1) is 19.0. The fraction of sp³-hybridized carbons (Fsp3) is 0.133. The fourth-order valence-corrected chi connectivity index (χ4v) is 4.21. The Bertz CT molecular complexity index is 1040. The van der Waals surface area contributed by atoms with E-state index in [-0.39, 0.29) is 25.8 Å². The molecule has 1 atom stereocenters. The first-order chi connectivity index (χ1) is 12.2. The summed E-state index contributed by atoms with van der Waals surface area (Å²) in [4.78, 5) is 20.8. The molecule has 0 fully saturated rings. The first-order valence-electron chi connectivity index (χ1n) is 7.01. The Balaban J connectivity index is 2.41. The van der Waals surface area contributed by atoms with E-state index in [0.717, 1.165) is 11.3 Å². The van der Waals surface area contributed by atoms with Crippen LogP contribution in [-0.4, -0.2) is 33.8 Å². The molecule has 0 aliphatic heterocycles. The van der Waals surface area contributed by atoms with E-state index >= 15 is 0 Å². The molecule has 0 aliphatic rings. The van der Waals surface area contributed by atoms with Crippen LogP contribution in [0.2, 0.25) is 10.0 Å². The molecule has 0 radical (unpaired) electrons. The van der Waals surface area contributed by atoms with Crippen LogP contribution >= 0.6 is 34.5 Å². The van der Waals surface area contributed by atoms with E-state index in [1.807, 2.05) is 0 Å². The van der Waals surface area contributed by atoms with Gasteiger partial charge >= 0.3 is 5.16 Å². The zero-order valence-corrected chi connectivity index (χ0v) is 16.6. The molecule has 136 valence electrons. The third kappa shape index (κ3) is 3.17. The van der Waals surface area contributed by atoms with Gasteiger partial charge in [0, 0.05) is 16.7 Å². The minimum atomic E-state index is -1.46. The number of anilines is 1. The van der Waals surface area contributed by atoms with Crippen molar-refractivity contribution in [2.24, 2.45) is 5.73 Å². The number of methoxy groups -OCH3 is 1. The highest BCUT2D eigenvalue weighted by atomic mass is 35.5. The lowest BCUT2D eigenvalue weighted by molar-refractivity contribution is 0.100. The van der Waals surface area contributed by atoms with Crippen LogP contribution in [0.4, 0.5) is 5.69 Å². The highest BCUT2D eigenvalue weighted by Crippen LogP contribution is 2.42. The van der Waals surface area contributed by atoms with Crippen LogP contribution < -0.4 is 16.2 Å². The Kier molecular flexibility index (Phi) is 5.18. The second-order valence-electron chi connectivity index (χ2n) is 5.17. The van der Waals surface area contributed by atoms with Crippen molar-refractivity contribution in [3.63, 3.8) is 0 Å². The number of carbonyl (C=O) groups excluding carboxylic acids is 1. The Morgan fingerprint density at radius 3 is 2.62 bits per heavy atom. The summed E-state index contributed by atoms with van der Waals surface area (Å²) in [6.45, 7) is 0. The van der Waals surface area contributed by atoms with Crippen LogP contribution in [-0.2, 0) is 11.2 Å². The zero-order chi connectivity index (χ0) is 19.2. The first-order valence-corrected chi connectivity index (χ1v) is 10.1. The quantitative estimate of drug-likeness (QED) is 0.483. The SMILES string of the molecule is COc1cc(-c2nc([S+](C)[O-])nc3sc(C(N)=O)c(N)c23)cc(Cl)c1Cl. The van der Waals surface area contributed by atoms with Crippen molar-refractivity contribution in [2.45, 2.75) is 5.16 Å². The predicted molar refractivity (Wildman–Crippen MR) is 105 cm³/mol. The third-order valence-electron chi connectivity index (χ3n) is 3.54. The average molecular weight is 431 g/mol. The molecule has 1 amide bonds. The van der Waals surface area contributed by atoms with Gasteiger partial charge in [-0.15, -0.1) is 11.3 Å². The smallest absolute Gasteiger partial charge is 0.344 e. The summed E-state index contributed by atoms with van der Waals surface area (Å²) < 4.78 is 17.2. The summed E-state index contributed by atoms with van der Waals surface area (Å²) in [7, 11) is 1.45. The van der Waals surface area contributed by atoms with E-state index in [0.29, 0.717) is 27.2 Å². The number of halogens is 2. The molecule has 7 nitrogen and oxygen atoms in total. The van der Waals surface area contributed by atoms with Gasteiger partial charge in [-0.1, -0.05) is 23.2 Å². The van der Waals surface area contributed by atoms with Crippen molar-refractivity contribution in [1.82, 2.24) is 9.97 Å². The molecule has 0 saturated carbocycles. The van der Waals surface area contributed by atoms with Crippen LogP contribution in [0.25, 0.3) is 21.5 Å². The number of carbonyl (C=O) groups is 1. The van der Waals surface area contributed by atoms with E-state index < -0.39 is 17.1 Å². The van der Waals surface area contributed by atoms with Gasteiger partial charge in [0.15, 0.2) is 0 Å². The number of rotatable bonds is 4. The number of nitrogen functional groups attached to an aromatic ring is 1. The van der Waals surface area contributed by atoms with Gasteiger partial charge < -0.3 is 20.8 Å². The molecule has 1 aromatic carbocycles. The Morgan fingerprint density at radius 1 is 1.35 bits per heavy atom. The number of benzene rings is 1. The third-order valence-corrected chi connectivity index (χ3v) is 6.13. The van der Waals surface area contributed by atoms with Gasteiger partial charge in [-0.2, -0.15) is 9.97 Å². The summed E-state index contributed by atoms with van der Waals surface area (Å²) in [5, 5.41) is 1.02. The van der Waals surface area contributed by atoms with Gasteiger partial charge in [0.05, 0.1) is 28.9 Å². The van der Waals surface area contributed by atoms with Gasteiger partial charge in [-0.3, -0.25) is 4.79 Å². The molecule has 0 spiro atoms. The molecule has 3 aromatic rings. The molecule has 11 heteroatoms. The topological polar surface area (TPSA) is 127 Å². The maximum Gasteiger partial charge on any atom is 0.344 e. The van der Waals surface area contributed by atoms with E-state index in [4.69, 9.17) is 39.4 Å². The van der Waals surface area contributed by atoms with Gasteiger partial charge in [0.2, 0.25) is 0 Å². The normalized spacial score (nSPS) is 12.3. The van der Waals surface area contributed by atoms with Gasteiger partial charge in [0.25, 0.3) is 5.91 Å². The van der Waals surface area contributed by atoms with E-state index in [1.54, 1.807) is 12.1 Å². The second kappa shape index (κ2) is 7.09. The number of fused-ring (bicyclic) bond motifs is 1. The molecule has 0 bridgehead atoms. The molecule has 2 heterocycles. The van der Waals surface area contributed by atoms with Crippen LogP contribution in [0.15, 0.2) is 17.3 Å². The number of primary amides is 1. The number of ether oxygens (including phenoxy) is 1. The van der Waals surface area contributed by atoms with Crippen molar-refractivity contribution in [3.8, 4) is 17.0 Å². The zero-order valence-electron chi connectivity index (χ0n) is 13.5. The lowest BCUT2D eigenvalue weighted by atomic mass is 10.1. The summed E-state index contributed by atoms with van der Waals surface area (Å²) in [6.07, 6.45) is 1.45. The van der Waals surface area contributed by atoms with Crippen LogP contribution in [0.3, 0.4) is 0 Å². The van der Waals surface area contributed by atoms with Crippen LogP contribution in [0.5, 0.6) is 5.75 Å². The number of hydrogen-bond acceptors (Lipinski definition) is 7. The molecule has 0 aliphatic carbocycles. The molecule has 1 unspecified atom stereocenters. The van der Waals surface area contributed by atoms with E-state index in [2.05, 4.69) is 9.97 Å². The largest absolute Gasteiger partial charge is 0.609 e. The van der Waals surface area contributed by atoms with Gasteiger partial charge in [-0.25, -0.2) is 0 Å². The highest BCUT2D eigenvalue weighted by Gasteiger charge is 2.24. The molecule has 4 N–H and O–H groups in total. The van der Waals surface area contributed by atoms with Gasteiger partial charge in [-0.05, 0) is 12.1 Å². The van der Waals surface area contributed by atoms with Crippen LogP contribution in [0, 0.1) is 0 Å². The number of nitrogens with zero attached hydrogens (tertiary/aromatic N) is 2. The molecular weight excluding hydrogens is 419 g/mol. The fourth-order valence-electron chi connectivity index (χ4n) is 2.37. The Morgan fingerprint density at radius 2 is 2.04 bits per heavy atom. The predicted octanol–water partition coefficient (Wildman–Crippen LogP) is 3.09. The molecule has 2 aromatic heterocycles. The molecule has 0 saturated heterocycles. The second-order valence-corrected chi connectivity index (χ2v) is 8.23. The molecule has 26 heavy (non-hydrogen) atoms.